The van der Waals surface area contributed by atoms with Gasteiger partial charge in [0.1, 0.15) is 0 Å². The number of carbonyl (C=O) groups is 1. The smallest absolute Gasteiger partial charge is 0.251 e. The highest BCUT2D eigenvalue weighted by molar-refractivity contribution is 7.13. The zero-order chi connectivity index (χ0) is 17.9. The molecule has 0 saturated carbocycles. The molecule has 0 saturated heterocycles. The summed E-state index contributed by atoms with van der Waals surface area (Å²) in [7, 11) is 0. The molecule has 1 aromatic carbocycles. The van der Waals surface area contributed by atoms with E-state index in [2.05, 4.69) is 21.4 Å². The van der Waals surface area contributed by atoms with Crippen molar-refractivity contribution >= 4 is 22.9 Å². The third-order valence-corrected chi connectivity index (χ3v) is 4.90. The Bertz CT molecular complexity index is 1040. The summed E-state index contributed by atoms with van der Waals surface area (Å²) in [6.45, 7) is 0.163. The summed E-state index contributed by atoms with van der Waals surface area (Å²) in [6, 6.07) is 11.3. The molecule has 7 heteroatoms. The summed E-state index contributed by atoms with van der Waals surface area (Å²) < 4.78 is 2.02. The molecule has 6 nitrogen and oxygen atoms in total. The lowest BCUT2D eigenvalue weighted by Gasteiger charge is -2.06. The van der Waals surface area contributed by atoms with Crippen LogP contribution in [0.2, 0.25) is 0 Å². The lowest BCUT2D eigenvalue weighted by atomic mass is 10.1. The van der Waals surface area contributed by atoms with E-state index in [1.807, 2.05) is 40.4 Å². The van der Waals surface area contributed by atoms with Crippen molar-refractivity contribution in [2.75, 3.05) is 13.2 Å². The van der Waals surface area contributed by atoms with Crippen LogP contribution in [0.25, 0.3) is 27.5 Å². The highest BCUT2D eigenvalue weighted by atomic mass is 32.1. The number of thiophene rings is 1. The molecule has 0 spiro atoms. The number of benzene rings is 1. The fourth-order valence-corrected chi connectivity index (χ4v) is 3.44. The van der Waals surface area contributed by atoms with E-state index < -0.39 is 0 Å². The third-order valence-electron chi connectivity index (χ3n) is 4.01. The number of aromatic nitrogens is 3. The number of aliphatic hydroxyl groups excluding tert-OH is 1. The fraction of sp³-hybridized carbons (Fsp3) is 0.105. The number of hydrogen-bond acceptors (Lipinski definition) is 5. The van der Waals surface area contributed by atoms with Crippen LogP contribution in [0.3, 0.4) is 0 Å². The van der Waals surface area contributed by atoms with E-state index in [-0.39, 0.29) is 19.1 Å². The highest BCUT2D eigenvalue weighted by Gasteiger charge is 2.10. The Morgan fingerprint density at radius 2 is 2.00 bits per heavy atom. The Hall–Kier alpha value is -3.03. The minimum Gasteiger partial charge on any atom is -0.395 e. The fourth-order valence-electron chi connectivity index (χ4n) is 2.71. The molecule has 1 amide bonds. The highest BCUT2D eigenvalue weighted by Crippen LogP contribution is 2.27. The van der Waals surface area contributed by atoms with Gasteiger partial charge in [-0.1, -0.05) is 18.2 Å². The Labute approximate surface area is 153 Å². The van der Waals surface area contributed by atoms with Crippen LogP contribution < -0.4 is 5.32 Å². The number of hydrogen-bond donors (Lipinski definition) is 2. The van der Waals surface area contributed by atoms with Crippen molar-refractivity contribution in [1.82, 2.24) is 19.7 Å². The first-order valence-corrected chi connectivity index (χ1v) is 9.01. The van der Waals surface area contributed by atoms with E-state index in [0.717, 1.165) is 27.5 Å². The molecule has 3 heterocycles. The van der Waals surface area contributed by atoms with Gasteiger partial charge in [-0.25, -0.2) is 4.98 Å². The van der Waals surface area contributed by atoms with Gasteiger partial charge in [0, 0.05) is 23.9 Å². The molecule has 0 radical (unpaired) electrons. The predicted octanol–water partition coefficient (Wildman–Crippen LogP) is 2.85. The molecule has 0 aliphatic carbocycles. The van der Waals surface area contributed by atoms with Gasteiger partial charge in [-0.05, 0) is 23.6 Å². The van der Waals surface area contributed by atoms with Gasteiger partial charge >= 0.3 is 0 Å². The van der Waals surface area contributed by atoms with Gasteiger partial charge in [0.15, 0.2) is 5.65 Å². The summed E-state index contributed by atoms with van der Waals surface area (Å²) in [4.78, 5) is 22.0. The van der Waals surface area contributed by atoms with Crippen molar-refractivity contribution in [2.45, 2.75) is 0 Å². The summed E-state index contributed by atoms with van der Waals surface area (Å²) >= 11 is 1.67. The van der Waals surface area contributed by atoms with Crippen LogP contribution in [0, 0.1) is 0 Å². The monoisotopic (exact) mass is 364 g/mol. The van der Waals surface area contributed by atoms with Crippen molar-refractivity contribution in [2.24, 2.45) is 0 Å². The zero-order valence-corrected chi connectivity index (χ0v) is 14.6. The predicted molar refractivity (Wildman–Crippen MR) is 101 cm³/mol. The Balaban J connectivity index is 1.66. The van der Waals surface area contributed by atoms with Crippen LogP contribution in [0.4, 0.5) is 0 Å². The van der Waals surface area contributed by atoms with Crippen molar-refractivity contribution in [3.63, 3.8) is 0 Å². The molecule has 26 heavy (non-hydrogen) atoms. The second-order valence-corrected chi connectivity index (χ2v) is 6.63. The van der Waals surface area contributed by atoms with E-state index in [4.69, 9.17) is 5.11 Å². The quantitative estimate of drug-likeness (QED) is 0.571. The molecule has 3 aromatic heterocycles. The molecule has 0 bridgehead atoms. The summed E-state index contributed by atoms with van der Waals surface area (Å²) in [6.07, 6.45) is 5.55. The van der Waals surface area contributed by atoms with Crippen molar-refractivity contribution in [3.8, 4) is 21.8 Å². The zero-order valence-electron chi connectivity index (χ0n) is 13.8. The molecule has 4 aromatic rings. The van der Waals surface area contributed by atoms with Crippen LogP contribution in [-0.2, 0) is 0 Å². The number of aliphatic hydroxyl groups is 1. The first-order chi connectivity index (χ1) is 12.8. The van der Waals surface area contributed by atoms with Gasteiger partial charge in [0.2, 0.25) is 0 Å². The van der Waals surface area contributed by atoms with Crippen molar-refractivity contribution in [3.05, 3.63) is 65.9 Å². The number of nitrogens with zero attached hydrogens (tertiary/aromatic N) is 3. The van der Waals surface area contributed by atoms with Gasteiger partial charge in [0.05, 0.1) is 35.3 Å². The van der Waals surface area contributed by atoms with Crippen LogP contribution in [-0.4, -0.2) is 38.5 Å². The SMILES string of the molecule is O=C(NCCO)c1ccc(-c2cn3c(-c4cccs4)cnc3cn2)cc1. The largest absolute Gasteiger partial charge is 0.395 e. The molecule has 130 valence electrons. The number of amides is 1. The maximum absolute atomic E-state index is 11.9. The second kappa shape index (κ2) is 7.07. The second-order valence-electron chi connectivity index (χ2n) is 5.68. The van der Waals surface area contributed by atoms with E-state index in [1.165, 1.54) is 0 Å². The molecule has 0 fully saturated rings. The van der Waals surface area contributed by atoms with Crippen LogP contribution in [0.15, 0.2) is 60.4 Å². The molecular formula is C19H16N4O2S. The Kier molecular flexibility index (Phi) is 4.47. The standard InChI is InChI=1S/C19H16N4O2S/c24-8-7-20-19(25)14-5-3-13(4-6-14)15-12-23-16(17-2-1-9-26-17)10-22-18(23)11-21-15/h1-6,9-12,24H,7-8H2,(H,20,25). The van der Waals surface area contributed by atoms with Gasteiger partial charge in [-0.2, -0.15) is 0 Å². The topological polar surface area (TPSA) is 79.5 Å². The normalized spacial score (nSPS) is 11.0. The molecule has 0 atom stereocenters. The van der Waals surface area contributed by atoms with Gasteiger partial charge < -0.3 is 10.4 Å². The summed E-state index contributed by atoms with van der Waals surface area (Å²) in [5, 5.41) is 13.5. The Morgan fingerprint density at radius 3 is 2.73 bits per heavy atom. The molecule has 0 unspecified atom stereocenters. The number of fused-ring (bicyclic) bond motifs is 1. The van der Waals surface area contributed by atoms with Crippen molar-refractivity contribution < 1.29 is 9.90 Å². The van der Waals surface area contributed by atoms with Gasteiger partial charge in [-0.15, -0.1) is 11.3 Å². The maximum Gasteiger partial charge on any atom is 0.251 e. The number of nitrogens with one attached hydrogen (secondary N) is 1. The molecular weight excluding hydrogens is 348 g/mol. The maximum atomic E-state index is 11.9. The number of rotatable bonds is 5. The molecule has 4 rings (SSSR count). The van der Waals surface area contributed by atoms with Crippen LogP contribution in [0.1, 0.15) is 10.4 Å². The summed E-state index contributed by atoms with van der Waals surface area (Å²) in [5.41, 5.74) is 4.08. The average molecular weight is 364 g/mol. The van der Waals surface area contributed by atoms with Gasteiger partial charge in [0.25, 0.3) is 5.91 Å². The lowest BCUT2D eigenvalue weighted by Crippen LogP contribution is -2.26. The number of carbonyl (C=O) groups excluding carboxylic acids is 1. The van der Waals surface area contributed by atoms with E-state index >= 15 is 0 Å². The first kappa shape index (κ1) is 16.4. The van der Waals surface area contributed by atoms with E-state index in [1.54, 1.807) is 29.7 Å². The Morgan fingerprint density at radius 1 is 1.15 bits per heavy atom. The van der Waals surface area contributed by atoms with Gasteiger partial charge in [-0.3, -0.25) is 14.2 Å². The van der Waals surface area contributed by atoms with E-state index in [0.29, 0.717) is 5.56 Å². The molecule has 0 aliphatic rings. The first-order valence-electron chi connectivity index (χ1n) is 8.13. The third kappa shape index (κ3) is 3.10. The number of imidazole rings is 1. The minimum atomic E-state index is -0.205. The van der Waals surface area contributed by atoms with Crippen molar-refractivity contribution in [1.29, 1.82) is 0 Å². The van der Waals surface area contributed by atoms with E-state index in [9.17, 15) is 4.79 Å². The molecule has 0 aliphatic heterocycles. The lowest BCUT2D eigenvalue weighted by molar-refractivity contribution is 0.0945. The molecule has 2 N–H and O–H groups in total. The average Bonchev–Trinajstić information content (AvgIpc) is 3.35. The summed E-state index contributed by atoms with van der Waals surface area (Å²) in [5.74, 6) is -0.205. The minimum absolute atomic E-state index is 0.0781. The van der Waals surface area contributed by atoms with Crippen LogP contribution in [0.5, 0.6) is 0 Å². The van der Waals surface area contributed by atoms with Crippen LogP contribution >= 0.6 is 11.3 Å².